The van der Waals surface area contributed by atoms with Gasteiger partial charge in [0, 0.05) is 11.3 Å². The molecular formula is C15H21NO3S. The molecule has 2 N–H and O–H groups in total. The zero-order chi connectivity index (χ0) is 14.8. The highest BCUT2D eigenvalue weighted by Gasteiger charge is 2.08. The number of nitrogens with one attached hydrogen (secondary N) is 1. The SMILES string of the molecule is CCCCCCC(=O)Nc1ccccc1SCC(=O)O. The number of hydrogen-bond acceptors (Lipinski definition) is 3. The first-order chi connectivity index (χ1) is 9.63. The summed E-state index contributed by atoms with van der Waals surface area (Å²) in [6.45, 7) is 2.13. The van der Waals surface area contributed by atoms with Gasteiger partial charge in [-0.05, 0) is 18.6 Å². The molecule has 0 spiro atoms. The summed E-state index contributed by atoms with van der Waals surface area (Å²) < 4.78 is 0. The fourth-order valence-corrected chi connectivity index (χ4v) is 2.49. The third-order valence-corrected chi connectivity index (χ3v) is 3.83. The van der Waals surface area contributed by atoms with Crippen molar-refractivity contribution in [3.8, 4) is 0 Å². The predicted octanol–water partition coefficient (Wildman–Crippen LogP) is 3.77. The Bertz CT molecular complexity index is 448. The second kappa shape index (κ2) is 9.42. The van der Waals surface area contributed by atoms with Gasteiger partial charge in [0.25, 0.3) is 0 Å². The van der Waals surface area contributed by atoms with E-state index in [1.165, 1.54) is 11.8 Å². The molecule has 1 aromatic carbocycles. The Balaban J connectivity index is 2.49. The van der Waals surface area contributed by atoms with E-state index >= 15 is 0 Å². The third kappa shape index (κ3) is 6.61. The van der Waals surface area contributed by atoms with Gasteiger partial charge in [0.1, 0.15) is 0 Å². The molecule has 0 saturated heterocycles. The van der Waals surface area contributed by atoms with Crippen LogP contribution in [0.3, 0.4) is 0 Å². The van der Waals surface area contributed by atoms with Crippen molar-refractivity contribution in [2.45, 2.75) is 43.9 Å². The molecule has 0 bridgehead atoms. The van der Waals surface area contributed by atoms with Gasteiger partial charge < -0.3 is 10.4 Å². The second-order valence-electron chi connectivity index (χ2n) is 4.54. The van der Waals surface area contributed by atoms with Crippen LogP contribution in [-0.4, -0.2) is 22.7 Å². The van der Waals surface area contributed by atoms with E-state index in [2.05, 4.69) is 12.2 Å². The van der Waals surface area contributed by atoms with Crippen molar-refractivity contribution in [2.24, 2.45) is 0 Å². The number of amides is 1. The van der Waals surface area contributed by atoms with E-state index in [-0.39, 0.29) is 11.7 Å². The van der Waals surface area contributed by atoms with Gasteiger partial charge in [-0.2, -0.15) is 0 Å². The monoisotopic (exact) mass is 295 g/mol. The van der Waals surface area contributed by atoms with Crippen molar-refractivity contribution in [3.05, 3.63) is 24.3 Å². The smallest absolute Gasteiger partial charge is 0.313 e. The predicted molar refractivity (Wildman–Crippen MR) is 82.2 cm³/mol. The number of carbonyl (C=O) groups is 2. The molecule has 5 heteroatoms. The maximum absolute atomic E-state index is 11.8. The highest BCUT2D eigenvalue weighted by molar-refractivity contribution is 8.00. The molecular weight excluding hydrogens is 274 g/mol. The summed E-state index contributed by atoms with van der Waals surface area (Å²) in [4.78, 5) is 23.2. The molecule has 0 fully saturated rings. The van der Waals surface area contributed by atoms with Gasteiger partial charge in [-0.1, -0.05) is 38.3 Å². The minimum absolute atomic E-state index is 0.00974. The van der Waals surface area contributed by atoms with Gasteiger partial charge in [-0.3, -0.25) is 9.59 Å². The lowest BCUT2D eigenvalue weighted by atomic mass is 10.1. The first-order valence-corrected chi connectivity index (χ1v) is 7.85. The fourth-order valence-electron chi connectivity index (χ4n) is 1.76. The van der Waals surface area contributed by atoms with E-state index in [0.717, 1.165) is 30.6 Å². The van der Waals surface area contributed by atoms with E-state index in [9.17, 15) is 9.59 Å². The molecule has 20 heavy (non-hydrogen) atoms. The van der Waals surface area contributed by atoms with Crippen LogP contribution in [0.4, 0.5) is 5.69 Å². The Labute approximate surface area is 124 Å². The molecule has 0 atom stereocenters. The Morgan fingerprint density at radius 2 is 1.95 bits per heavy atom. The number of thioether (sulfide) groups is 1. The minimum Gasteiger partial charge on any atom is -0.481 e. The number of para-hydroxylation sites is 1. The van der Waals surface area contributed by atoms with Gasteiger partial charge in [-0.25, -0.2) is 0 Å². The Morgan fingerprint density at radius 1 is 1.20 bits per heavy atom. The maximum atomic E-state index is 11.8. The molecule has 0 saturated carbocycles. The summed E-state index contributed by atoms with van der Waals surface area (Å²) in [5.74, 6) is -0.885. The summed E-state index contributed by atoms with van der Waals surface area (Å²) in [6.07, 6.45) is 4.77. The first kappa shape index (κ1) is 16.6. The van der Waals surface area contributed by atoms with Crippen molar-refractivity contribution < 1.29 is 14.7 Å². The molecule has 4 nitrogen and oxygen atoms in total. The fraction of sp³-hybridized carbons (Fsp3) is 0.467. The Morgan fingerprint density at radius 3 is 2.65 bits per heavy atom. The second-order valence-corrected chi connectivity index (χ2v) is 5.55. The van der Waals surface area contributed by atoms with Crippen molar-refractivity contribution in [1.29, 1.82) is 0 Å². The number of hydrogen-bond donors (Lipinski definition) is 2. The number of rotatable bonds is 9. The largest absolute Gasteiger partial charge is 0.481 e. The zero-order valence-corrected chi connectivity index (χ0v) is 12.5. The molecule has 0 unspecified atom stereocenters. The van der Waals surface area contributed by atoms with E-state index in [1.807, 2.05) is 18.2 Å². The third-order valence-electron chi connectivity index (χ3n) is 2.77. The van der Waals surface area contributed by atoms with Gasteiger partial charge in [0.2, 0.25) is 5.91 Å². The molecule has 0 aliphatic carbocycles. The van der Waals surface area contributed by atoms with Gasteiger partial charge in [0.05, 0.1) is 11.4 Å². The standard InChI is InChI=1S/C15H21NO3S/c1-2-3-4-5-10-14(17)16-12-8-6-7-9-13(12)20-11-15(18)19/h6-9H,2-5,10-11H2,1H3,(H,16,17)(H,18,19). The number of carbonyl (C=O) groups excluding carboxylic acids is 1. The summed E-state index contributed by atoms with van der Waals surface area (Å²) in [5.41, 5.74) is 0.694. The van der Waals surface area contributed by atoms with Crippen LogP contribution in [-0.2, 0) is 9.59 Å². The number of aliphatic carboxylic acids is 1. The lowest BCUT2D eigenvalue weighted by molar-refractivity contribution is -0.133. The topological polar surface area (TPSA) is 66.4 Å². The number of carboxylic acid groups (broad SMARTS) is 1. The van der Waals surface area contributed by atoms with E-state index < -0.39 is 5.97 Å². The lowest BCUT2D eigenvalue weighted by Crippen LogP contribution is -2.12. The Hall–Kier alpha value is -1.49. The summed E-state index contributed by atoms with van der Waals surface area (Å²) >= 11 is 1.21. The van der Waals surface area contributed by atoms with Crippen molar-refractivity contribution in [1.82, 2.24) is 0 Å². The van der Waals surface area contributed by atoms with Crippen LogP contribution < -0.4 is 5.32 Å². The van der Waals surface area contributed by atoms with Crippen molar-refractivity contribution in [3.63, 3.8) is 0 Å². The minimum atomic E-state index is -0.865. The summed E-state index contributed by atoms with van der Waals surface area (Å²) in [6, 6.07) is 7.28. The zero-order valence-electron chi connectivity index (χ0n) is 11.7. The normalized spacial score (nSPS) is 10.2. The van der Waals surface area contributed by atoms with Gasteiger partial charge in [0.15, 0.2) is 0 Å². The van der Waals surface area contributed by atoms with Gasteiger partial charge in [-0.15, -0.1) is 11.8 Å². The number of unbranched alkanes of at least 4 members (excludes halogenated alkanes) is 3. The first-order valence-electron chi connectivity index (χ1n) is 6.87. The van der Waals surface area contributed by atoms with Gasteiger partial charge >= 0.3 is 5.97 Å². The summed E-state index contributed by atoms with van der Waals surface area (Å²) in [7, 11) is 0. The lowest BCUT2D eigenvalue weighted by Gasteiger charge is -2.09. The van der Waals surface area contributed by atoms with Crippen LogP contribution in [0.15, 0.2) is 29.2 Å². The van der Waals surface area contributed by atoms with Crippen molar-refractivity contribution >= 4 is 29.3 Å². The number of anilines is 1. The quantitative estimate of drug-likeness (QED) is 0.537. The molecule has 110 valence electrons. The molecule has 0 heterocycles. The van der Waals surface area contributed by atoms with E-state index in [4.69, 9.17) is 5.11 Å². The molecule has 1 aromatic rings. The van der Waals surface area contributed by atoms with Crippen LogP contribution in [0.1, 0.15) is 39.0 Å². The van der Waals surface area contributed by atoms with Crippen LogP contribution in [0, 0.1) is 0 Å². The van der Waals surface area contributed by atoms with E-state index in [1.54, 1.807) is 6.07 Å². The summed E-state index contributed by atoms with van der Waals surface area (Å²) in [5, 5.41) is 11.6. The number of benzene rings is 1. The maximum Gasteiger partial charge on any atom is 0.313 e. The molecule has 0 aromatic heterocycles. The molecule has 0 radical (unpaired) electrons. The Kier molecular flexibility index (Phi) is 7.80. The average molecular weight is 295 g/mol. The van der Waals surface area contributed by atoms with Crippen LogP contribution in [0.25, 0.3) is 0 Å². The van der Waals surface area contributed by atoms with Crippen molar-refractivity contribution in [2.75, 3.05) is 11.1 Å². The van der Waals surface area contributed by atoms with Crippen LogP contribution >= 0.6 is 11.8 Å². The highest BCUT2D eigenvalue weighted by Crippen LogP contribution is 2.27. The highest BCUT2D eigenvalue weighted by atomic mass is 32.2. The van der Waals surface area contributed by atoms with Crippen LogP contribution in [0.2, 0.25) is 0 Å². The van der Waals surface area contributed by atoms with E-state index in [0.29, 0.717) is 12.1 Å². The average Bonchev–Trinajstić information content (AvgIpc) is 2.42. The van der Waals surface area contributed by atoms with Crippen LogP contribution in [0.5, 0.6) is 0 Å². The molecule has 1 rings (SSSR count). The molecule has 0 aliphatic heterocycles. The number of carboxylic acids is 1. The molecule has 1 amide bonds. The molecule has 0 aliphatic rings.